The Hall–Kier alpha value is -1.43. The molecule has 2 atom stereocenters. The summed E-state index contributed by atoms with van der Waals surface area (Å²) >= 11 is 7.53. The minimum absolute atomic E-state index is 0.109. The Morgan fingerprint density at radius 2 is 2.19 bits per heavy atom. The summed E-state index contributed by atoms with van der Waals surface area (Å²) in [5.41, 5.74) is 5.93. The van der Waals surface area contributed by atoms with Crippen LogP contribution in [0.4, 0.5) is 0 Å². The van der Waals surface area contributed by atoms with Crippen molar-refractivity contribution in [1.82, 2.24) is 0 Å². The minimum Gasteiger partial charge on any atom is -0.469 e. The second-order valence-corrected chi connectivity index (χ2v) is 6.58. The number of rotatable bonds is 5. The molecular weight excluding hydrogens is 310 g/mol. The number of ketones is 1. The largest absolute Gasteiger partial charge is 0.469 e. The molecule has 2 unspecified atom stereocenters. The van der Waals surface area contributed by atoms with Gasteiger partial charge in [-0.15, -0.1) is 11.3 Å². The van der Waals surface area contributed by atoms with Crippen LogP contribution < -0.4 is 5.73 Å². The SMILES string of the molecule is COC(=O)CCc1ccc(C(=O)C2C=CC=CC2(N)Cl)s1. The van der Waals surface area contributed by atoms with E-state index >= 15 is 0 Å². The van der Waals surface area contributed by atoms with Gasteiger partial charge in [0, 0.05) is 4.88 Å². The molecule has 0 saturated carbocycles. The number of carbonyl (C=O) groups is 2. The molecule has 1 aromatic heterocycles. The zero-order valence-corrected chi connectivity index (χ0v) is 13.1. The number of methoxy groups -OCH3 is 1. The Balaban J connectivity index is 2.07. The van der Waals surface area contributed by atoms with E-state index in [0.29, 0.717) is 17.7 Å². The van der Waals surface area contributed by atoms with E-state index in [0.717, 1.165) is 4.88 Å². The summed E-state index contributed by atoms with van der Waals surface area (Å²) in [7, 11) is 1.36. The number of hydrogen-bond acceptors (Lipinski definition) is 5. The van der Waals surface area contributed by atoms with Crippen LogP contribution in [0.1, 0.15) is 21.0 Å². The van der Waals surface area contributed by atoms with Crippen molar-refractivity contribution in [3.8, 4) is 0 Å². The van der Waals surface area contributed by atoms with Gasteiger partial charge >= 0.3 is 5.97 Å². The van der Waals surface area contributed by atoms with E-state index in [-0.39, 0.29) is 11.8 Å². The fourth-order valence-electron chi connectivity index (χ4n) is 2.04. The van der Waals surface area contributed by atoms with E-state index in [1.807, 2.05) is 6.07 Å². The number of nitrogens with two attached hydrogens (primary N) is 1. The molecule has 21 heavy (non-hydrogen) atoms. The fourth-order valence-corrected chi connectivity index (χ4v) is 3.27. The number of aryl methyl sites for hydroxylation is 1. The third kappa shape index (κ3) is 3.81. The molecule has 112 valence electrons. The lowest BCUT2D eigenvalue weighted by molar-refractivity contribution is -0.140. The third-order valence-electron chi connectivity index (χ3n) is 3.23. The summed E-state index contributed by atoms with van der Waals surface area (Å²) in [5.74, 6) is -0.961. The molecule has 1 aliphatic carbocycles. The number of esters is 1. The van der Waals surface area contributed by atoms with Crippen molar-refractivity contribution < 1.29 is 14.3 Å². The topological polar surface area (TPSA) is 69.4 Å². The van der Waals surface area contributed by atoms with Gasteiger partial charge in [-0.25, -0.2) is 0 Å². The first-order chi connectivity index (χ1) is 9.94. The highest BCUT2D eigenvalue weighted by atomic mass is 35.5. The highest BCUT2D eigenvalue weighted by Crippen LogP contribution is 2.31. The van der Waals surface area contributed by atoms with Crippen LogP contribution in [-0.2, 0) is 16.0 Å². The normalized spacial score (nSPS) is 24.0. The average molecular weight is 326 g/mol. The Morgan fingerprint density at radius 1 is 1.43 bits per heavy atom. The maximum absolute atomic E-state index is 12.5. The van der Waals surface area contributed by atoms with Crippen LogP contribution in [0.2, 0.25) is 0 Å². The van der Waals surface area contributed by atoms with Crippen molar-refractivity contribution in [1.29, 1.82) is 0 Å². The fraction of sp³-hybridized carbons (Fsp3) is 0.333. The monoisotopic (exact) mass is 325 g/mol. The molecule has 0 spiro atoms. The van der Waals surface area contributed by atoms with Crippen LogP contribution in [0.25, 0.3) is 0 Å². The Bertz CT molecular complexity index is 604. The van der Waals surface area contributed by atoms with Gasteiger partial charge in [-0.05, 0) is 24.6 Å². The first-order valence-corrected chi connectivity index (χ1v) is 7.67. The number of hydrogen-bond donors (Lipinski definition) is 1. The Labute approximate surface area is 132 Å². The molecular formula is C15H16ClNO3S. The van der Waals surface area contributed by atoms with E-state index in [9.17, 15) is 9.59 Å². The van der Waals surface area contributed by atoms with Gasteiger partial charge in [0.25, 0.3) is 0 Å². The van der Waals surface area contributed by atoms with Gasteiger partial charge in [0.15, 0.2) is 5.78 Å². The number of allylic oxidation sites excluding steroid dienone is 2. The molecule has 0 fully saturated rings. The average Bonchev–Trinajstić information content (AvgIpc) is 2.92. The number of halogens is 1. The molecule has 0 aliphatic heterocycles. The lowest BCUT2D eigenvalue weighted by Gasteiger charge is -2.27. The van der Waals surface area contributed by atoms with Crippen molar-refractivity contribution in [2.24, 2.45) is 11.7 Å². The van der Waals surface area contributed by atoms with E-state index in [2.05, 4.69) is 4.74 Å². The lowest BCUT2D eigenvalue weighted by Crippen LogP contribution is -2.43. The summed E-state index contributed by atoms with van der Waals surface area (Å²) < 4.78 is 4.60. The minimum atomic E-state index is -1.19. The van der Waals surface area contributed by atoms with Crippen LogP contribution in [-0.4, -0.2) is 23.9 Å². The molecule has 0 saturated heterocycles. The van der Waals surface area contributed by atoms with Crippen LogP contribution in [0.3, 0.4) is 0 Å². The second-order valence-electron chi connectivity index (χ2n) is 4.76. The lowest BCUT2D eigenvalue weighted by atomic mass is 9.90. The van der Waals surface area contributed by atoms with Gasteiger partial charge in [-0.1, -0.05) is 29.8 Å². The summed E-state index contributed by atoms with van der Waals surface area (Å²) in [4.78, 5) is 24.0. The Kier molecular flexibility index (Phi) is 4.98. The van der Waals surface area contributed by atoms with E-state index in [1.54, 1.807) is 30.4 Å². The highest BCUT2D eigenvalue weighted by molar-refractivity contribution is 7.14. The molecule has 2 rings (SSSR count). The molecule has 1 aromatic rings. The van der Waals surface area contributed by atoms with Crippen molar-refractivity contribution in [2.45, 2.75) is 17.8 Å². The summed E-state index contributed by atoms with van der Waals surface area (Å²) in [6.45, 7) is 0. The number of carbonyl (C=O) groups excluding carboxylic acids is 2. The number of Topliss-reactive ketones (excluding diaryl/α,β-unsaturated/α-hetero) is 1. The Morgan fingerprint density at radius 3 is 2.86 bits per heavy atom. The van der Waals surface area contributed by atoms with E-state index in [4.69, 9.17) is 17.3 Å². The molecule has 6 heteroatoms. The van der Waals surface area contributed by atoms with Gasteiger partial charge < -0.3 is 10.5 Å². The maximum Gasteiger partial charge on any atom is 0.305 e. The van der Waals surface area contributed by atoms with Crippen molar-refractivity contribution in [3.05, 3.63) is 46.2 Å². The summed E-state index contributed by atoms with van der Waals surface area (Å²) in [6, 6.07) is 3.59. The van der Waals surface area contributed by atoms with Crippen molar-refractivity contribution in [2.75, 3.05) is 7.11 Å². The van der Waals surface area contributed by atoms with Crippen molar-refractivity contribution in [3.63, 3.8) is 0 Å². The standard InChI is InChI=1S/C15H16ClNO3S/c1-20-13(18)8-6-10-5-7-12(21-10)14(19)11-4-2-3-9-15(11,16)17/h2-5,7,9,11H,6,8,17H2,1H3. The van der Waals surface area contributed by atoms with Crippen LogP contribution >= 0.6 is 22.9 Å². The van der Waals surface area contributed by atoms with E-state index < -0.39 is 10.9 Å². The van der Waals surface area contributed by atoms with Gasteiger partial charge in [-0.3, -0.25) is 9.59 Å². The van der Waals surface area contributed by atoms with Crippen LogP contribution in [0.15, 0.2) is 36.4 Å². The van der Waals surface area contributed by atoms with Gasteiger partial charge in [0.05, 0.1) is 24.3 Å². The predicted octanol–water partition coefficient (Wildman–Crippen LogP) is 2.67. The van der Waals surface area contributed by atoms with Gasteiger partial charge in [-0.2, -0.15) is 0 Å². The van der Waals surface area contributed by atoms with Crippen LogP contribution in [0, 0.1) is 5.92 Å². The first-order valence-electron chi connectivity index (χ1n) is 6.47. The van der Waals surface area contributed by atoms with Gasteiger partial charge in [0.2, 0.25) is 0 Å². The predicted molar refractivity (Wildman–Crippen MR) is 83.5 cm³/mol. The summed E-state index contributed by atoms with van der Waals surface area (Å²) in [6.07, 6.45) is 7.67. The number of alkyl halides is 1. The smallest absolute Gasteiger partial charge is 0.305 e. The van der Waals surface area contributed by atoms with Crippen molar-refractivity contribution >= 4 is 34.7 Å². The summed E-state index contributed by atoms with van der Waals surface area (Å²) in [5, 5.41) is 0. The van der Waals surface area contributed by atoms with E-state index in [1.165, 1.54) is 18.4 Å². The zero-order valence-electron chi connectivity index (χ0n) is 11.5. The third-order valence-corrected chi connectivity index (χ3v) is 4.75. The zero-order chi connectivity index (χ0) is 15.5. The van der Waals surface area contributed by atoms with Gasteiger partial charge in [0.1, 0.15) is 5.00 Å². The molecule has 4 nitrogen and oxygen atoms in total. The molecule has 0 aromatic carbocycles. The highest BCUT2D eigenvalue weighted by Gasteiger charge is 2.36. The second kappa shape index (κ2) is 6.56. The number of ether oxygens (including phenoxy) is 1. The molecule has 0 bridgehead atoms. The van der Waals surface area contributed by atoms with Crippen LogP contribution in [0.5, 0.6) is 0 Å². The molecule has 0 radical (unpaired) electrons. The maximum atomic E-state index is 12.5. The molecule has 1 heterocycles. The number of thiophene rings is 1. The first kappa shape index (κ1) is 15.9. The quantitative estimate of drug-likeness (QED) is 0.391. The molecule has 2 N–H and O–H groups in total. The molecule has 0 amide bonds. The molecule has 1 aliphatic rings.